The highest BCUT2D eigenvalue weighted by Crippen LogP contribution is 2.38. The van der Waals surface area contributed by atoms with E-state index in [4.69, 9.17) is 4.42 Å². The summed E-state index contributed by atoms with van der Waals surface area (Å²) in [5, 5.41) is 13.6. The van der Waals surface area contributed by atoms with Gasteiger partial charge < -0.3 is 14.8 Å². The number of benzene rings is 1. The molecule has 1 aliphatic rings. The summed E-state index contributed by atoms with van der Waals surface area (Å²) in [5.41, 5.74) is 0.823. The van der Waals surface area contributed by atoms with Gasteiger partial charge in [-0.2, -0.15) is 0 Å². The van der Waals surface area contributed by atoms with Gasteiger partial charge in [0.25, 0.3) is 0 Å². The van der Waals surface area contributed by atoms with Crippen LogP contribution in [-0.2, 0) is 0 Å². The lowest BCUT2D eigenvalue weighted by Gasteiger charge is -2.38. The van der Waals surface area contributed by atoms with Gasteiger partial charge >= 0.3 is 0 Å². The van der Waals surface area contributed by atoms with Crippen LogP contribution >= 0.6 is 0 Å². The average Bonchev–Trinajstić information content (AvgIpc) is 2.98. The smallest absolute Gasteiger partial charge is 0.132 e. The first-order valence-corrected chi connectivity index (χ1v) is 7.85. The summed E-state index contributed by atoms with van der Waals surface area (Å²) in [6, 6.07) is 11.2. The molecule has 2 aromatic rings. The molecular weight excluding hydrogens is 281 g/mol. The van der Waals surface area contributed by atoms with Crippen molar-refractivity contribution >= 4 is 0 Å². The number of nitrogens with one attached hydrogen (secondary N) is 1. The molecule has 3 rings (SSSR count). The van der Waals surface area contributed by atoms with Gasteiger partial charge in [-0.25, -0.2) is 4.39 Å². The molecule has 0 amide bonds. The third kappa shape index (κ3) is 3.39. The van der Waals surface area contributed by atoms with E-state index >= 15 is 0 Å². The summed E-state index contributed by atoms with van der Waals surface area (Å²) < 4.78 is 18.9. The second kappa shape index (κ2) is 6.63. The molecule has 1 aliphatic carbocycles. The van der Waals surface area contributed by atoms with Crippen molar-refractivity contribution in [2.24, 2.45) is 0 Å². The van der Waals surface area contributed by atoms with Crippen molar-refractivity contribution in [2.45, 2.75) is 50.3 Å². The van der Waals surface area contributed by atoms with Crippen LogP contribution in [0.5, 0.6) is 0 Å². The maximum Gasteiger partial charge on any atom is 0.132 e. The standard InChI is InChI=1S/C18H22FNO2/c1-12(9-17(21)18-7-4-8-22-18)20-14-10-13(11-14)15-5-2-3-6-16(15)19/h2-8,12-14,17,20-21H,9-11H2,1H3. The van der Waals surface area contributed by atoms with Gasteiger partial charge in [-0.05, 0) is 55.9 Å². The molecule has 4 heteroatoms. The summed E-state index contributed by atoms with van der Waals surface area (Å²) in [5.74, 6) is 0.805. The molecule has 0 aliphatic heterocycles. The summed E-state index contributed by atoms with van der Waals surface area (Å²) in [6.45, 7) is 2.06. The third-order valence-corrected chi connectivity index (χ3v) is 4.45. The van der Waals surface area contributed by atoms with Crippen LogP contribution in [-0.4, -0.2) is 17.2 Å². The van der Waals surface area contributed by atoms with Crippen LogP contribution in [0.2, 0.25) is 0 Å². The number of aliphatic hydroxyl groups excluding tert-OH is 1. The Morgan fingerprint density at radius 3 is 2.73 bits per heavy atom. The maximum atomic E-state index is 13.7. The Balaban J connectivity index is 1.45. The lowest BCUT2D eigenvalue weighted by molar-refractivity contribution is 0.122. The molecular formula is C18H22FNO2. The van der Waals surface area contributed by atoms with Crippen molar-refractivity contribution in [3.63, 3.8) is 0 Å². The lowest BCUT2D eigenvalue weighted by Crippen LogP contribution is -2.45. The fourth-order valence-electron chi connectivity index (χ4n) is 3.22. The highest BCUT2D eigenvalue weighted by Gasteiger charge is 2.32. The zero-order valence-electron chi connectivity index (χ0n) is 12.7. The fraction of sp³-hybridized carbons (Fsp3) is 0.444. The molecule has 1 aromatic carbocycles. The van der Waals surface area contributed by atoms with Crippen molar-refractivity contribution < 1.29 is 13.9 Å². The Morgan fingerprint density at radius 2 is 2.05 bits per heavy atom. The Hall–Kier alpha value is -1.65. The van der Waals surface area contributed by atoms with Gasteiger partial charge in [0.2, 0.25) is 0 Å². The maximum absolute atomic E-state index is 13.7. The molecule has 1 saturated carbocycles. The first-order valence-electron chi connectivity index (χ1n) is 7.85. The Morgan fingerprint density at radius 1 is 1.27 bits per heavy atom. The Bertz CT molecular complexity index is 593. The molecule has 0 radical (unpaired) electrons. The summed E-state index contributed by atoms with van der Waals surface area (Å²) >= 11 is 0. The van der Waals surface area contributed by atoms with Crippen molar-refractivity contribution in [3.05, 3.63) is 59.8 Å². The van der Waals surface area contributed by atoms with E-state index in [1.54, 1.807) is 24.5 Å². The highest BCUT2D eigenvalue weighted by atomic mass is 19.1. The van der Waals surface area contributed by atoms with Crippen molar-refractivity contribution in [1.82, 2.24) is 5.32 Å². The first-order chi connectivity index (χ1) is 10.6. The van der Waals surface area contributed by atoms with Gasteiger partial charge in [0.05, 0.1) is 6.26 Å². The number of furan rings is 1. The van der Waals surface area contributed by atoms with E-state index in [0.29, 0.717) is 24.1 Å². The molecule has 1 fully saturated rings. The third-order valence-electron chi connectivity index (χ3n) is 4.45. The van der Waals surface area contributed by atoms with E-state index in [1.807, 2.05) is 12.1 Å². The Kier molecular flexibility index (Phi) is 4.60. The van der Waals surface area contributed by atoms with Crippen LogP contribution in [0.3, 0.4) is 0 Å². The highest BCUT2D eigenvalue weighted by molar-refractivity contribution is 5.24. The van der Waals surface area contributed by atoms with Gasteiger partial charge in [0.15, 0.2) is 0 Å². The van der Waals surface area contributed by atoms with Crippen LogP contribution in [0.15, 0.2) is 47.1 Å². The van der Waals surface area contributed by atoms with Gasteiger partial charge in [0, 0.05) is 12.1 Å². The fourth-order valence-corrected chi connectivity index (χ4v) is 3.22. The van der Waals surface area contributed by atoms with Gasteiger partial charge in [-0.15, -0.1) is 0 Å². The summed E-state index contributed by atoms with van der Waals surface area (Å²) in [4.78, 5) is 0. The molecule has 2 unspecified atom stereocenters. The van der Waals surface area contributed by atoms with Crippen molar-refractivity contribution in [3.8, 4) is 0 Å². The minimum Gasteiger partial charge on any atom is -0.467 e. The average molecular weight is 303 g/mol. The number of rotatable bonds is 6. The second-order valence-corrected chi connectivity index (χ2v) is 6.22. The predicted molar refractivity (Wildman–Crippen MR) is 83.0 cm³/mol. The largest absolute Gasteiger partial charge is 0.467 e. The molecule has 1 heterocycles. The van der Waals surface area contributed by atoms with Crippen LogP contribution in [0.1, 0.15) is 49.5 Å². The van der Waals surface area contributed by atoms with Crippen LogP contribution in [0, 0.1) is 5.82 Å². The van der Waals surface area contributed by atoms with E-state index in [-0.39, 0.29) is 11.9 Å². The molecule has 0 saturated heterocycles. The molecule has 0 spiro atoms. The molecule has 3 nitrogen and oxygen atoms in total. The van der Waals surface area contributed by atoms with Gasteiger partial charge in [-0.3, -0.25) is 0 Å². The molecule has 118 valence electrons. The zero-order chi connectivity index (χ0) is 15.5. The van der Waals surface area contributed by atoms with E-state index in [2.05, 4.69) is 12.2 Å². The second-order valence-electron chi connectivity index (χ2n) is 6.22. The Labute approximate surface area is 130 Å². The first kappa shape index (κ1) is 15.3. The monoisotopic (exact) mass is 303 g/mol. The van der Waals surface area contributed by atoms with E-state index < -0.39 is 6.10 Å². The topological polar surface area (TPSA) is 45.4 Å². The van der Waals surface area contributed by atoms with E-state index in [9.17, 15) is 9.50 Å². The van der Waals surface area contributed by atoms with Crippen molar-refractivity contribution in [1.29, 1.82) is 0 Å². The molecule has 2 N–H and O–H groups in total. The molecule has 1 aromatic heterocycles. The summed E-state index contributed by atoms with van der Waals surface area (Å²) in [7, 11) is 0. The zero-order valence-corrected chi connectivity index (χ0v) is 12.7. The van der Waals surface area contributed by atoms with Gasteiger partial charge in [0.1, 0.15) is 17.7 Å². The van der Waals surface area contributed by atoms with Gasteiger partial charge in [-0.1, -0.05) is 18.2 Å². The normalized spacial score (nSPS) is 23.8. The number of halogens is 1. The SMILES string of the molecule is CC(CC(O)c1ccco1)NC1CC(c2ccccc2F)C1. The summed E-state index contributed by atoms with van der Waals surface area (Å²) in [6.07, 6.45) is 3.49. The number of hydrogen-bond donors (Lipinski definition) is 2. The molecule has 0 bridgehead atoms. The minimum atomic E-state index is -0.583. The van der Waals surface area contributed by atoms with Crippen molar-refractivity contribution in [2.75, 3.05) is 0 Å². The van der Waals surface area contributed by atoms with Crippen LogP contribution in [0.25, 0.3) is 0 Å². The number of hydrogen-bond acceptors (Lipinski definition) is 3. The molecule has 2 atom stereocenters. The van der Waals surface area contributed by atoms with E-state index in [1.165, 1.54) is 6.07 Å². The quantitative estimate of drug-likeness (QED) is 0.854. The lowest BCUT2D eigenvalue weighted by atomic mass is 9.75. The van der Waals surface area contributed by atoms with Crippen LogP contribution < -0.4 is 5.32 Å². The van der Waals surface area contributed by atoms with Crippen LogP contribution in [0.4, 0.5) is 4.39 Å². The minimum absolute atomic E-state index is 0.104. The number of aliphatic hydroxyl groups is 1. The predicted octanol–water partition coefficient (Wildman–Crippen LogP) is 3.77. The van der Waals surface area contributed by atoms with E-state index in [0.717, 1.165) is 18.4 Å². The molecule has 22 heavy (non-hydrogen) atoms.